The third-order valence-corrected chi connectivity index (χ3v) is 2.19. The van der Waals surface area contributed by atoms with Crippen molar-refractivity contribution < 1.29 is 18.6 Å². The quantitative estimate of drug-likeness (QED) is 0.353. The summed E-state index contributed by atoms with van der Waals surface area (Å²) in [5.74, 6) is 0.190. The molecule has 0 heterocycles. The molecule has 0 atom stereocenters. The molecular weight excluding hydrogens is 188 g/mol. The van der Waals surface area contributed by atoms with Crippen molar-refractivity contribution in [3.8, 4) is 0 Å². The molecule has 0 saturated heterocycles. The van der Waals surface area contributed by atoms with Crippen LogP contribution in [0.15, 0.2) is 12.0 Å². The summed E-state index contributed by atoms with van der Waals surface area (Å²) in [4.78, 5) is 0. The molecule has 0 aromatic heterocycles. The Morgan fingerprint density at radius 2 is 2.00 bits per heavy atom. The van der Waals surface area contributed by atoms with E-state index in [1.807, 2.05) is 13.8 Å². The summed E-state index contributed by atoms with van der Waals surface area (Å²) in [6.07, 6.45) is 1.76. The van der Waals surface area contributed by atoms with Crippen LogP contribution in [0, 0.1) is 0 Å². The van der Waals surface area contributed by atoms with Crippen LogP contribution in [0.3, 0.4) is 0 Å². The van der Waals surface area contributed by atoms with Gasteiger partial charge in [0.15, 0.2) is 5.91 Å². The van der Waals surface area contributed by atoms with Crippen LogP contribution in [0.4, 0.5) is 0 Å². The second-order valence-electron chi connectivity index (χ2n) is 2.06. The predicted molar refractivity (Wildman–Crippen MR) is 50.0 cm³/mol. The van der Waals surface area contributed by atoms with E-state index in [1.165, 1.54) is 0 Å². The maximum atomic E-state index is 5.29. The first-order chi connectivity index (χ1) is 6.28. The van der Waals surface area contributed by atoms with Crippen molar-refractivity contribution in [1.82, 2.24) is 0 Å². The highest BCUT2D eigenvalue weighted by atomic mass is 28.2. The van der Waals surface area contributed by atoms with Crippen molar-refractivity contribution >= 4 is 9.76 Å². The summed E-state index contributed by atoms with van der Waals surface area (Å²) in [5, 5.41) is 0. The fourth-order valence-corrected chi connectivity index (χ4v) is 1.19. The van der Waals surface area contributed by atoms with Crippen LogP contribution in [-0.4, -0.2) is 36.5 Å². The van der Waals surface area contributed by atoms with Gasteiger partial charge >= 0.3 is 9.76 Å². The van der Waals surface area contributed by atoms with Crippen LogP contribution >= 0.6 is 0 Å². The summed E-state index contributed by atoms with van der Waals surface area (Å²) in [7, 11) is 3.22. The predicted octanol–water partition coefficient (Wildman–Crippen LogP) is 1.10. The first-order valence-electron chi connectivity index (χ1n) is 4.05. The maximum absolute atomic E-state index is 5.29. The Bertz CT molecular complexity index is 145. The molecule has 0 saturated carbocycles. The zero-order valence-electron chi connectivity index (χ0n) is 8.49. The molecule has 0 amide bonds. The number of allylic oxidation sites excluding steroid dienone is 1. The largest absolute Gasteiger partial charge is 0.511 e. The zero-order valence-corrected chi connectivity index (χ0v) is 9.49. The highest BCUT2D eigenvalue weighted by Crippen LogP contribution is 2.00. The van der Waals surface area contributed by atoms with Gasteiger partial charge in [-0.25, -0.2) is 0 Å². The fourth-order valence-electron chi connectivity index (χ4n) is 0.613. The fraction of sp³-hybridized carbons (Fsp3) is 0.750. The van der Waals surface area contributed by atoms with E-state index in [9.17, 15) is 0 Å². The molecule has 2 radical (unpaired) electrons. The molecule has 0 N–H and O–H groups in total. The van der Waals surface area contributed by atoms with E-state index in [0.29, 0.717) is 12.6 Å². The van der Waals surface area contributed by atoms with Crippen LogP contribution in [0.2, 0.25) is 0 Å². The van der Waals surface area contributed by atoms with Crippen molar-refractivity contribution in [3.63, 3.8) is 0 Å². The SMILES string of the molecule is CC=C(OCC)O[Si]C(OC)OC. The van der Waals surface area contributed by atoms with Gasteiger partial charge in [0.05, 0.1) is 6.61 Å². The lowest BCUT2D eigenvalue weighted by Gasteiger charge is -2.14. The molecule has 13 heavy (non-hydrogen) atoms. The minimum absolute atomic E-state index is 0.0826. The monoisotopic (exact) mass is 204 g/mol. The van der Waals surface area contributed by atoms with Gasteiger partial charge in [-0.15, -0.1) is 0 Å². The number of methoxy groups -OCH3 is 2. The van der Waals surface area contributed by atoms with Gasteiger partial charge in [0.25, 0.3) is 5.95 Å². The molecule has 5 heteroatoms. The maximum Gasteiger partial charge on any atom is 0.380 e. The van der Waals surface area contributed by atoms with Gasteiger partial charge in [0, 0.05) is 14.2 Å². The Hall–Kier alpha value is -0.523. The molecule has 0 spiro atoms. The number of ether oxygens (including phenoxy) is 3. The summed E-state index contributed by atoms with van der Waals surface area (Å²) >= 11 is 0. The molecule has 0 fully saturated rings. The lowest BCUT2D eigenvalue weighted by molar-refractivity contribution is -0.0542. The molecule has 4 nitrogen and oxygen atoms in total. The highest BCUT2D eigenvalue weighted by molar-refractivity contribution is 6.28. The van der Waals surface area contributed by atoms with E-state index in [4.69, 9.17) is 18.6 Å². The first-order valence-corrected chi connectivity index (χ1v) is 5.04. The van der Waals surface area contributed by atoms with Crippen molar-refractivity contribution in [2.45, 2.75) is 19.8 Å². The van der Waals surface area contributed by atoms with Crippen LogP contribution in [-0.2, 0) is 18.6 Å². The van der Waals surface area contributed by atoms with Gasteiger partial charge in [-0.05, 0) is 19.9 Å². The van der Waals surface area contributed by atoms with Gasteiger partial charge in [-0.1, -0.05) is 0 Å². The van der Waals surface area contributed by atoms with E-state index >= 15 is 0 Å². The topological polar surface area (TPSA) is 36.9 Å². The van der Waals surface area contributed by atoms with E-state index in [2.05, 4.69) is 0 Å². The van der Waals surface area contributed by atoms with Crippen molar-refractivity contribution in [1.29, 1.82) is 0 Å². The number of rotatable bonds is 7. The van der Waals surface area contributed by atoms with Gasteiger partial charge in [-0.2, -0.15) is 0 Å². The average molecular weight is 204 g/mol. The van der Waals surface area contributed by atoms with Gasteiger partial charge in [-0.3, -0.25) is 0 Å². The van der Waals surface area contributed by atoms with Crippen LogP contribution < -0.4 is 0 Å². The molecule has 0 aromatic rings. The van der Waals surface area contributed by atoms with E-state index in [0.717, 1.165) is 0 Å². The lowest BCUT2D eigenvalue weighted by atomic mass is 10.7. The minimum atomic E-state index is -0.324. The molecule has 0 bridgehead atoms. The number of hydrogen-bond acceptors (Lipinski definition) is 4. The lowest BCUT2D eigenvalue weighted by Crippen LogP contribution is -2.24. The van der Waals surface area contributed by atoms with Gasteiger partial charge in [0.1, 0.15) is 0 Å². The Morgan fingerprint density at radius 1 is 1.38 bits per heavy atom. The molecular formula is C8H16O4Si. The summed E-state index contributed by atoms with van der Waals surface area (Å²) < 4.78 is 20.4. The summed E-state index contributed by atoms with van der Waals surface area (Å²) in [6, 6.07) is 0. The molecule has 0 rings (SSSR count). The van der Waals surface area contributed by atoms with Crippen molar-refractivity contribution in [3.05, 3.63) is 12.0 Å². The Balaban J connectivity index is 3.70. The molecule has 76 valence electrons. The van der Waals surface area contributed by atoms with Crippen molar-refractivity contribution in [2.75, 3.05) is 20.8 Å². The summed E-state index contributed by atoms with van der Waals surface area (Å²) in [5.41, 5.74) is 0. The molecule has 0 aliphatic carbocycles. The van der Waals surface area contributed by atoms with Crippen LogP contribution in [0.5, 0.6) is 0 Å². The summed E-state index contributed by atoms with van der Waals surface area (Å²) in [6.45, 7) is 4.35. The normalized spacial score (nSPS) is 11.9. The smallest absolute Gasteiger partial charge is 0.380 e. The van der Waals surface area contributed by atoms with E-state index in [-0.39, 0.29) is 15.7 Å². The third-order valence-electron chi connectivity index (χ3n) is 1.21. The Kier molecular flexibility index (Phi) is 7.77. The molecule has 0 aromatic carbocycles. The minimum Gasteiger partial charge on any atom is -0.511 e. The van der Waals surface area contributed by atoms with Crippen molar-refractivity contribution in [2.24, 2.45) is 0 Å². The molecule has 0 aliphatic rings. The van der Waals surface area contributed by atoms with E-state index < -0.39 is 0 Å². The third kappa shape index (κ3) is 5.68. The molecule has 0 aliphatic heterocycles. The second kappa shape index (κ2) is 8.09. The second-order valence-corrected chi connectivity index (χ2v) is 2.98. The van der Waals surface area contributed by atoms with Crippen LogP contribution in [0.1, 0.15) is 13.8 Å². The Labute approximate surface area is 81.8 Å². The van der Waals surface area contributed by atoms with Crippen LogP contribution in [0.25, 0.3) is 0 Å². The first kappa shape index (κ1) is 12.5. The highest BCUT2D eigenvalue weighted by Gasteiger charge is 2.11. The molecule has 0 unspecified atom stereocenters. The zero-order chi connectivity index (χ0) is 10.1. The van der Waals surface area contributed by atoms with Gasteiger partial charge < -0.3 is 18.6 Å². The number of hydrogen-bond donors (Lipinski definition) is 0. The standard InChI is InChI=1S/C8H16O4Si/c1-5-7(11-6-2)12-13-8(9-3)10-4/h5,8H,6H2,1-4H3. The Morgan fingerprint density at radius 3 is 2.38 bits per heavy atom. The average Bonchev–Trinajstić information content (AvgIpc) is 2.17. The van der Waals surface area contributed by atoms with E-state index in [1.54, 1.807) is 20.3 Å². The van der Waals surface area contributed by atoms with Gasteiger partial charge in [0.2, 0.25) is 0 Å².